The van der Waals surface area contributed by atoms with E-state index in [-0.39, 0.29) is 6.04 Å². The molecule has 120 valence electrons. The van der Waals surface area contributed by atoms with Crippen molar-refractivity contribution in [3.63, 3.8) is 0 Å². The topological polar surface area (TPSA) is 58.8 Å². The molecule has 1 unspecified atom stereocenters. The van der Waals surface area contributed by atoms with Crippen molar-refractivity contribution in [2.24, 2.45) is 4.99 Å². The number of pyridine rings is 1. The van der Waals surface area contributed by atoms with Gasteiger partial charge in [-0.1, -0.05) is 11.6 Å². The number of carbonyl (C=O) groups is 1. The van der Waals surface area contributed by atoms with Crippen LogP contribution in [0.4, 0.5) is 0 Å². The van der Waals surface area contributed by atoms with Crippen molar-refractivity contribution in [3.05, 3.63) is 48.1 Å². The van der Waals surface area contributed by atoms with Gasteiger partial charge in [-0.25, -0.2) is 4.98 Å². The van der Waals surface area contributed by atoms with E-state index in [0.717, 1.165) is 24.3 Å². The Labute approximate surface area is 136 Å². The molecule has 4 heterocycles. The van der Waals surface area contributed by atoms with E-state index in [1.807, 2.05) is 47.4 Å². The first-order valence-corrected chi connectivity index (χ1v) is 8.08. The molecule has 0 saturated carbocycles. The van der Waals surface area contributed by atoms with E-state index >= 15 is 0 Å². The molecule has 5 heteroatoms. The highest BCUT2D eigenvalue weighted by molar-refractivity contribution is 5.80. The number of hydrogen-bond donors (Lipinski definition) is 1. The number of allylic oxidation sites excluding steroid dienone is 1. The zero-order valence-electron chi connectivity index (χ0n) is 13.4. The highest BCUT2D eigenvalue weighted by Gasteiger charge is 2.22. The average Bonchev–Trinajstić information content (AvgIpc) is 3.00. The monoisotopic (exact) mass is 310 g/mol. The number of imidazole rings is 1. The quantitative estimate of drug-likeness (QED) is 0.880. The summed E-state index contributed by atoms with van der Waals surface area (Å²) in [6, 6.07) is 5.98. The van der Waals surface area contributed by atoms with E-state index in [0.29, 0.717) is 18.6 Å². The van der Waals surface area contributed by atoms with Crippen LogP contribution in [0, 0.1) is 0 Å². The molecule has 4 rings (SSSR count). The summed E-state index contributed by atoms with van der Waals surface area (Å²) in [5.41, 5.74) is 3.28. The lowest BCUT2D eigenvalue weighted by atomic mass is 10.0. The van der Waals surface area contributed by atoms with Crippen molar-refractivity contribution in [2.45, 2.75) is 38.6 Å². The minimum atomic E-state index is 0.0844. The Morgan fingerprint density at radius 2 is 2.22 bits per heavy atom. The number of aliphatic imine (C=N–C) groups is 1. The van der Waals surface area contributed by atoms with Crippen LogP contribution in [0.5, 0.6) is 0 Å². The summed E-state index contributed by atoms with van der Waals surface area (Å²) in [6.45, 7) is 2.87. The molecular formula is C18H22N4O. The number of Topliss-reactive ketones (excluding diaryl/α,β-unsaturated/α-hetero) is 1. The Bertz CT molecular complexity index is 711. The summed E-state index contributed by atoms with van der Waals surface area (Å²) < 4.78 is 1.98. The van der Waals surface area contributed by atoms with E-state index in [2.05, 4.69) is 22.2 Å². The van der Waals surface area contributed by atoms with Gasteiger partial charge in [0, 0.05) is 44.2 Å². The maximum Gasteiger partial charge on any atom is 0.137 e. The third-order valence-electron chi connectivity index (χ3n) is 4.03. The van der Waals surface area contributed by atoms with Crippen LogP contribution in [0.2, 0.25) is 0 Å². The predicted molar refractivity (Wildman–Crippen MR) is 91.7 cm³/mol. The molecule has 0 bridgehead atoms. The van der Waals surface area contributed by atoms with Gasteiger partial charge in [-0.3, -0.25) is 9.79 Å². The van der Waals surface area contributed by atoms with E-state index < -0.39 is 0 Å². The van der Waals surface area contributed by atoms with Crippen LogP contribution in [0.25, 0.3) is 5.65 Å². The maximum absolute atomic E-state index is 11.4. The minimum absolute atomic E-state index is 0.0844. The van der Waals surface area contributed by atoms with Gasteiger partial charge in [0.1, 0.15) is 11.4 Å². The zero-order valence-corrected chi connectivity index (χ0v) is 13.4. The fourth-order valence-electron chi connectivity index (χ4n) is 2.73. The Morgan fingerprint density at radius 3 is 2.87 bits per heavy atom. The number of hydrogen-bond acceptors (Lipinski definition) is 4. The molecule has 0 amide bonds. The Hall–Kier alpha value is -2.27. The maximum atomic E-state index is 11.4. The molecule has 1 fully saturated rings. The van der Waals surface area contributed by atoms with Crippen molar-refractivity contribution in [3.8, 4) is 0 Å². The highest BCUT2D eigenvalue weighted by atomic mass is 16.1. The molecule has 0 spiro atoms. The van der Waals surface area contributed by atoms with Gasteiger partial charge in [-0.15, -0.1) is 0 Å². The number of rotatable bonds is 1. The van der Waals surface area contributed by atoms with E-state index in [1.54, 1.807) is 0 Å². The highest BCUT2D eigenvalue weighted by Crippen LogP contribution is 2.20. The number of aromatic nitrogens is 2. The summed E-state index contributed by atoms with van der Waals surface area (Å²) in [5, 5.41) is 3.33. The first-order valence-electron chi connectivity index (χ1n) is 8.08. The number of piperidine rings is 1. The molecule has 1 N–H and O–H groups in total. The van der Waals surface area contributed by atoms with Crippen molar-refractivity contribution in [1.29, 1.82) is 0 Å². The first-order chi connectivity index (χ1) is 11.2. The van der Waals surface area contributed by atoms with Gasteiger partial charge >= 0.3 is 0 Å². The summed E-state index contributed by atoms with van der Waals surface area (Å²) >= 11 is 0. The molecule has 2 aliphatic heterocycles. The summed E-state index contributed by atoms with van der Waals surface area (Å²) in [7, 11) is 0. The number of nitrogens with zero attached hydrogens (tertiary/aromatic N) is 3. The third-order valence-corrected chi connectivity index (χ3v) is 4.03. The third kappa shape index (κ3) is 4.13. The number of ketones is 1. The molecule has 0 aliphatic carbocycles. The molecule has 2 aromatic rings. The molecule has 0 radical (unpaired) electrons. The largest absolute Gasteiger partial charge is 0.308 e. The summed E-state index contributed by atoms with van der Waals surface area (Å²) in [6.07, 6.45) is 11.4. The van der Waals surface area contributed by atoms with Crippen molar-refractivity contribution in [2.75, 3.05) is 6.54 Å². The van der Waals surface area contributed by atoms with Crippen LogP contribution in [0.15, 0.2) is 47.4 Å². The lowest BCUT2D eigenvalue weighted by molar-refractivity contribution is -0.120. The van der Waals surface area contributed by atoms with Crippen molar-refractivity contribution in [1.82, 2.24) is 14.7 Å². The number of fused-ring (bicyclic) bond motifs is 1. The second kappa shape index (κ2) is 7.33. The Kier molecular flexibility index (Phi) is 4.98. The SMILES string of the molecule is CC1=CN=CCC1.O=C1CCNC(c2cn3ccccc3n2)C1. The number of carbonyl (C=O) groups excluding carboxylic acids is 1. The van der Waals surface area contributed by atoms with Gasteiger partial charge in [0.2, 0.25) is 0 Å². The van der Waals surface area contributed by atoms with E-state index in [1.165, 1.54) is 12.0 Å². The Morgan fingerprint density at radius 1 is 1.30 bits per heavy atom. The second-order valence-electron chi connectivity index (χ2n) is 5.98. The molecule has 5 nitrogen and oxygen atoms in total. The summed E-state index contributed by atoms with van der Waals surface area (Å²) in [4.78, 5) is 19.9. The molecule has 1 atom stereocenters. The molecule has 1 saturated heterocycles. The van der Waals surface area contributed by atoms with Crippen LogP contribution in [0.3, 0.4) is 0 Å². The van der Waals surface area contributed by atoms with E-state index in [9.17, 15) is 4.79 Å². The normalized spacial score (nSPS) is 20.8. The second-order valence-corrected chi connectivity index (χ2v) is 5.98. The van der Waals surface area contributed by atoms with Crippen LogP contribution >= 0.6 is 0 Å². The van der Waals surface area contributed by atoms with Crippen molar-refractivity contribution < 1.29 is 4.79 Å². The van der Waals surface area contributed by atoms with Crippen LogP contribution in [-0.4, -0.2) is 27.9 Å². The van der Waals surface area contributed by atoms with Crippen LogP contribution in [-0.2, 0) is 4.79 Å². The van der Waals surface area contributed by atoms with Gasteiger partial charge in [-0.05, 0) is 31.9 Å². The molecule has 2 aliphatic rings. The lowest BCUT2D eigenvalue weighted by Crippen LogP contribution is -2.32. The van der Waals surface area contributed by atoms with Crippen LogP contribution < -0.4 is 5.32 Å². The smallest absolute Gasteiger partial charge is 0.137 e. The van der Waals surface area contributed by atoms with Gasteiger partial charge < -0.3 is 9.72 Å². The number of nitrogens with one attached hydrogen (secondary N) is 1. The zero-order chi connectivity index (χ0) is 16.1. The minimum Gasteiger partial charge on any atom is -0.308 e. The average molecular weight is 310 g/mol. The first kappa shape index (κ1) is 15.6. The fourth-order valence-corrected chi connectivity index (χ4v) is 2.73. The van der Waals surface area contributed by atoms with Gasteiger partial charge in [0.05, 0.1) is 11.7 Å². The molecule has 0 aromatic carbocycles. The Balaban J connectivity index is 0.000000188. The lowest BCUT2D eigenvalue weighted by Gasteiger charge is -2.20. The standard InChI is InChI=1S/C12H13N3O.C6H9N/c16-9-4-5-13-10(7-9)11-8-15-6-2-1-3-12(15)14-11;1-6-3-2-4-7-5-6/h1-3,6,8,10,13H,4-5,7H2;4-5H,2-3H2,1H3. The summed E-state index contributed by atoms with van der Waals surface area (Å²) in [5.74, 6) is 0.320. The van der Waals surface area contributed by atoms with Gasteiger partial charge in [0.15, 0.2) is 0 Å². The predicted octanol–water partition coefficient (Wildman–Crippen LogP) is 3.08. The molecular weight excluding hydrogens is 288 g/mol. The van der Waals surface area contributed by atoms with Gasteiger partial charge in [0.25, 0.3) is 0 Å². The molecule has 2 aromatic heterocycles. The van der Waals surface area contributed by atoms with Crippen LogP contribution in [0.1, 0.15) is 44.3 Å². The van der Waals surface area contributed by atoms with E-state index in [4.69, 9.17) is 0 Å². The fraction of sp³-hybridized carbons (Fsp3) is 0.389. The van der Waals surface area contributed by atoms with Crippen molar-refractivity contribution >= 4 is 17.6 Å². The van der Waals surface area contributed by atoms with Gasteiger partial charge in [-0.2, -0.15) is 0 Å². The molecule has 23 heavy (non-hydrogen) atoms.